The predicted octanol–water partition coefficient (Wildman–Crippen LogP) is 2.77. The van der Waals surface area contributed by atoms with Crippen molar-refractivity contribution in [2.24, 2.45) is 0 Å². The van der Waals surface area contributed by atoms with Gasteiger partial charge in [-0.2, -0.15) is 0 Å². The molecule has 0 saturated heterocycles. The second-order valence-corrected chi connectivity index (χ2v) is 7.18. The summed E-state index contributed by atoms with van der Waals surface area (Å²) < 4.78 is 28.8. The van der Waals surface area contributed by atoms with E-state index in [2.05, 4.69) is 9.71 Å². The third-order valence-electron chi connectivity index (χ3n) is 3.23. The predicted molar refractivity (Wildman–Crippen MR) is 85.4 cm³/mol. The first-order chi connectivity index (χ1) is 10.4. The number of rotatable bonds is 4. The van der Waals surface area contributed by atoms with E-state index < -0.39 is 10.0 Å². The summed E-state index contributed by atoms with van der Waals surface area (Å²) in [4.78, 5) is 4.58. The summed E-state index contributed by atoms with van der Waals surface area (Å²) >= 11 is 5.76. The summed E-state index contributed by atoms with van der Waals surface area (Å²) in [6.07, 6.45) is 3.70. The molecule has 0 fully saturated rings. The topological polar surface area (TPSA) is 63.5 Å². The van der Waals surface area contributed by atoms with Crippen LogP contribution in [0.5, 0.6) is 0 Å². The van der Waals surface area contributed by atoms with Gasteiger partial charge in [-0.3, -0.25) is 0 Å². The SMILES string of the molecule is Cc1ccn2cc(CNS(=O)(=O)c3ccc(Cl)cc3)nc2c1. The smallest absolute Gasteiger partial charge is 0.240 e. The summed E-state index contributed by atoms with van der Waals surface area (Å²) in [5.74, 6) is 0. The Kier molecular flexibility index (Phi) is 3.90. The number of aromatic nitrogens is 2. The summed E-state index contributed by atoms with van der Waals surface area (Å²) in [7, 11) is -3.58. The first-order valence-electron chi connectivity index (χ1n) is 6.63. The van der Waals surface area contributed by atoms with E-state index in [4.69, 9.17) is 11.6 Å². The van der Waals surface area contributed by atoms with E-state index in [0.717, 1.165) is 11.2 Å². The minimum atomic E-state index is -3.58. The van der Waals surface area contributed by atoms with Crippen LogP contribution in [0, 0.1) is 6.92 Å². The number of aryl methyl sites for hydroxylation is 1. The highest BCUT2D eigenvalue weighted by Crippen LogP contribution is 2.14. The highest BCUT2D eigenvalue weighted by Gasteiger charge is 2.14. The number of sulfonamides is 1. The number of hydrogen-bond acceptors (Lipinski definition) is 3. The van der Waals surface area contributed by atoms with Crippen molar-refractivity contribution in [1.29, 1.82) is 0 Å². The fourth-order valence-corrected chi connectivity index (χ4v) is 3.21. The van der Waals surface area contributed by atoms with E-state index in [-0.39, 0.29) is 11.4 Å². The van der Waals surface area contributed by atoms with Crippen LogP contribution in [0.1, 0.15) is 11.3 Å². The fraction of sp³-hybridized carbons (Fsp3) is 0.133. The van der Waals surface area contributed by atoms with Gasteiger partial charge in [-0.25, -0.2) is 18.1 Å². The molecule has 0 amide bonds. The Morgan fingerprint density at radius 3 is 2.68 bits per heavy atom. The molecular formula is C15H14ClN3O2S. The Balaban J connectivity index is 1.79. The third-order valence-corrected chi connectivity index (χ3v) is 4.90. The number of nitrogens with one attached hydrogen (secondary N) is 1. The van der Waals surface area contributed by atoms with Gasteiger partial charge in [0.1, 0.15) is 5.65 Å². The molecule has 0 spiro atoms. The standard InChI is InChI=1S/C15H14ClN3O2S/c1-11-6-7-19-10-13(18-15(19)8-11)9-17-22(20,21)14-4-2-12(16)3-5-14/h2-8,10,17H,9H2,1H3. The molecule has 1 N–H and O–H groups in total. The lowest BCUT2D eigenvalue weighted by atomic mass is 10.3. The van der Waals surface area contributed by atoms with Gasteiger partial charge in [0.05, 0.1) is 17.1 Å². The number of benzene rings is 1. The Hall–Kier alpha value is -1.89. The normalized spacial score (nSPS) is 11.9. The number of pyridine rings is 1. The largest absolute Gasteiger partial charge is 0.307 e. The molecule has 1 aromatic carbocycles. The van der Waals surface area contributed by atoms with Crippen molar-refractivity contribution in [2.45, 2.75) is 18.4 Å². The van der Waals surface area contributed by atoms with E-state index in [1.54, 1.807) is 18.3 Å². The van der Waals surface area contributed by atoms with Crippen LogP contribution in [0.25, 0.3) is 5.65 Å². The molecule has 0 saturated carbocycles. The average Bonchev–Trinajstić information content (AvgIpc) is 2.88. The molecule has 0 aliphatic heterocycles. The zero-order valence-corrected chi connectivity index (χ0v) is 13.4. The van der Waals surface area contributed by atoms with Crippen molar-refractivity contribution >= 4 is 27.3 Å². The van der Waals surface area contributed by atoms with Gasteiger partial charge < -0.3 is 4.40 Å². The van der Waals surface area contributed by atoms with Gasteiger partial charge in [0.15, 0.2) is 0 Å². The lowest BCUT2D eigenvalue weighted by molar-refractivity contribution is 0.580. The van der Waals surface area contributed by atoms with Crippen molar-refractivity contribution in [3.63, 3.8) is 0 Å². The van der Waals surface area contributed by atoms with E-state index in [1.807, 2.05) is 29.7 Å². The molecule has 0 atom stereocenters. The van der Waals surface area contributed by atoms with Crippen LogP contribution in [0.3, 0.4) is 0 Å². The first kappa shape index (κ1) is 15.0. The van der Waals surface area contributed by atoms with E-state index in [9.17, 15) is 8.42 Å². The molecule has 0 bridgehead atoms. The molecule has 114 valence electrons. The van der Waals surface area contributed by atoms with Crippen molar-refractivity contribution in [2.75, 3.05) is 0 Å². The number of halogens is 1. The maximum absolute atomic E-state index is 12.2. The summed E-state index contributed by atoms with van der Waals surface area (Å²) in [6, 6.07) is 9.94. The zero-order valence-electron chi connectivity index (χ0n) is 11.8. The molecule has 0 aliphatic rings. The Morgan fingerprint density at radius 1 is 1.23 bits per heavy atom. The molecule has 3 aromatic rings. The number of fused-ring (bicyclic) bond motifs is 1. The molecule has 2 aromatic heterocycles. The zero-order chi connectivity index (χ0) is 15.7. The minimum absolute atomic E-state index is 0.131. The van der Waals surface area contributed by atoms with Crippen LogP contribution >= 0.6 is 11.6 Å². The molecule has 22 heavy (non-hydrogen) atoms. The number of imidazole rings is 1. The second kappa shape index (κ2) is 5.72. The van der Waals surface area contributed by atoms with Gasteiger partial charge in [-0.1, -0.05) is 11.6 Å². The number of hydrogen-bond donors (Lipinski definition) is 1. The molecule has 5 nitrogen and oxygen atoms in total. The van der Waals surface area contributed by atoms with Crippen LogP contribution in [0.15, 0.2) is 53.7 Å². The number of nitrogens with zero attached hydrogens (tertiary/aromatic N) is 2. The van der Waals surface area contributed by atoms with E-state index >= 15 is 0 Å². The molecular weight excluding hydrogens is 322 g/mol. The van der Waals surface area contributed by atoms with Crippen molar-refractivity contribution in [3.05, 3.63) is 65.1 Å². The maximum atomic E-state index is 12.2. The highest BCUT2D eigenvalue weighted by molar-refractivity contribution is 7.89. The summed E-state index contributed by atoms with van der Waals surface area (Å²) in [5, 5.41) is 0.495. The van der Waals surface area contributed by atoms with Crippen molar-refractivity contribution in [1.82, 2.24) is 14.1 Å². The minimum Gasteiger partial charge on any atom is -0.307 e. The summed E-state index contributed by atoms with van der Waals surface area (Å²) in [5.41, 5.74) is 2.55. The third kappa shape index (κ3) is 3.14. The summed E-state index contributed by atoms with van der Waals surface area (Å²) in [6.45, 7) is 2.11. The van der Waals surface area contributed by atoms with Gasteiger partial charge in [-0.15, -0.1) is 0 Å². The van der Waals surface area contributed by atoms with Crippen molar-refractivity contribution in [3.8, 4) is 0 Å². The monoisotopic (exact) mass is 335 g/mol. The lowest BCUT2D eigenvalue weighted by Gasteiger charge is -2.05. The Bertz CT molecular complexity index is 918. The van der Waals surface area contributed by atoms with Gasteiger partial charge in [0.25, 0.3) is 0 Å². The molecule has 0 aliphatic carbocycles. The van der Waals surface area contributed by atoms with Crippen LogP contribution in [0.4, 0.5) is 0 Å². The lowest BCUT2D eigenvalue weighted by Crippen LogP contribution is -2.23. The van der Waals surface area contributed by atoms with Crippen LogP contribution in [-0.4, -0.2) is 17.8 Å². The fourth-order valence-electron chi connectivity index (χ4n) is 2.09. The highest BCUT2D eigenvalue weighted by atomic mass is 35.5. The van der Waals surface area contributed by atoms with Crippen LogP contribution in [-0.2, 0) is 16.6 Å². The Morgan fingerprint density at radius 2 is 1.95 bits per heavy atom. The molecule has 2 heterocycles. The molecule has 3 rings (SSSR count). The Labute approximate surface area is 133 Å². The van der Waals surface area contributed by atoms with E-state index in [1.165, 1.54) is 12.1 Å². The molecule has 0 unspecified atom stereocenters. The van der Waals surface area contributed by atoms with Gasteiger partial charge >= 0.3 is 0 Å². The maximum Gasteiger partial charge on any atom is 0.240 e. The van der Waals surface area contributed by atoms with Crippen LogP contribution < -0.4 is 4.72 Å². The second-order valence-electron chi connectivity index (χ2n) is 4.98. The molecule has 7 heteroatoms. The van der Waals surface area contributed by atoms with Gasteiger partial charge in [0, 0.05) is 17.4 Å². The van der Waals surface area contributed by atoms with Crippen molar-refractivity contribution < 1.29 is 8.42 Å². The average molecular weight is 336 g/mol. The molecule has 0 radical (unpaired) electrons. The van der Waals surface area contributed by atoms with Gasteiger partial charge in [-0.05, 0) is 48.9 Å². The van der Waals surface area contributed by atoms with Gasteiger partial charge in [0.2, 0.25) is 10.0 Å². The van der Waals surface area contributed by atoms with E-state index in [0.29, 0.717) is 10.7 Å². The first-order valence-corrected chi connectivity index (χ1v) is 8.50. The quantitative estimate of drug-likeness (QED) is 0.797. The van der Waals surface area contributed by atoms with Crippen LogP contribution in [0.2, 0.25) is 5.02 Å².